The standard InChI is InChI=1S/C19H29N3O3S.ClH/c1-14-6-7-16(19(23)21-17-8-9-20-15(2)12-17)13-18(14)26(24,25)22-10-4-3-5-11-22;/h6-7,13,15,17,20H,3-5,8-12H2,1-2H3,(H,21,23);1H. The molecular weight excluding hydrogens is 386 g/mol. The van der Waals surface area contributed by atoms with Crippen LogP contribution >= 0.6 is 12.4 Å². The summed E-state index contributed by atoms with van der Waals surface area (Å²) < 4.78 is 27.6. The zero-order valence-corrected chi connectivity index (χ0v) is 17.7. The number of hydrogen-bond donors (Lipinski definition) is 2. The zero-order chi connectivity index (χ0) is 18.7. The number of aryl methyl sites for hydroxylation is 1. The number of nitrogens with zero attached hydrogens (tertiary/aromatic N) is 1. The number of halogens is 1. The molecule has 2 N–H and O–H groups in total. The minimum Gasteiger partial charge on any atom is -0.349 e. The minimum absolute atomic E-state index is 0. The number of carbonyl (C=O) groups is 1. The van der Waals surface area contributed by atoms with Crippen molar-refractivity contribution in [3.63, 3.8) is 0 Å². The van der Waals surface area contributed by atoms with Crippen molar-refractivity contribution in [2.24, 2.45) is 0 Å². The molecule has 0 spiro atoms. The predicted molar refractivity (Wildman–Crippen MR) is 109 cm³/mol. The molecule has 2 unspecified atom stereocenters. The van der Waals surface area contributed by atoms with Crippen molar-refractivity contribution < 1.29 is 13.2 Å². The quantitative estimate of drug-likeness (QED) is 0.791. The van der Waals surface area contributed by atoms with Gasteiger partial charge in [0.1, 0.15) is 0 Å². The first-order valence-corrected chi connectivity index (χ1v) is 11.0. The Bertz CT molecular complexity index is 763. The molecule has 2 aliphatic rings. The van der Waals surface area contributed by atoms with Crippen LogP contribution in [-0.4, -0.2) is 50.3 Å². The molecule has 3 rings (SSSR count). The molecule has 0 radical (unpaired) electrons. The lowest BCUT2D eigenvalue weighted by Crippen LogP contribution is -2.46. The average Bonchev–Trinajstić information content (AvgIpc) is 2.62. The van der Waals surface area contributed by atoms with Crippen molar-refractivity contribution in [3.05, 3.63) is 29.3 Å². The summed E-state index contributed by atoms with van der Waals surface area (Å²) in [7, 11) is -3.55. The number of piperidine rings is 2. The third-order valence-electron chi connectivity index (χ3n) is 5.34. The second-order valence-electron chi connectivity index (χ2n) is 7.49. The fourth-order valence-electron chi connectivity index (χ4n) is 3.80. The van der Waals surface area contributed by atoms with Crippen LogP contribution in [0.1, 0.15) is 54.9 Å². The van der Waals surface area contributed by atoms with Gasteiger partial charge in [-0.3, -0.25) is 4.79 Å². The Morgan fingerprint density at radius 3 is 2.59 bits per heavy atom. The van der Waals surface area contributed by atoms with Crippen molar-refractivity contribution in [1.82, 2.24) is 14.9 Å². The van der Waals surface area contributed by atoms with Crippen LogP contribution in [0.2, 0.25) is 0 Å². The lowest BCUT2D eigenvalue weighted by atomic mass is 10.00. The fourth-order valence-corrected chi connectivity index (χ4v) is 5.56. The van der Waals surface area contributed by atoms with Crippen molar-refractivity contribution in [2.75, 3.05) is 19.6 Å². The molecule has 2 aliphatic heterocycles. The molecule has 8 heteroatoms. The number of sulfonamides is 1. The minimum atomic E-state index is -3.55. The summed E-state index contributed by atoms with van der Waals surface area (Å²) >= 11 is 0. The number of nitrogens with one attached hydrogen (secondary N) is 2. The van der Waals surface area contributed by atoms with Gasteiger partial charge in [-0.2, -0.15) is 4.31 Å². The van der Waals surface area contributed by atoms with E-state index in [4.69, 9.17) is 0 Å². The number of benzene rings is 1. The fraction of sp³-hybridized carbons (Fsp3) is 0.632. The molecule has 0 aromatic heterocycles. The number of hydrogen-bond acceptors (Lipinski definition) is 4. The Morgan fingerprint density at radius 1 is 1.22 bits per heavy atom. The molecule has 1 aromatic carbocycles. The van der Waals surface area contributed by atoms with Crippen LogP contribution in [0.25, 0.3) is 0 Å². The number of amides is 1. The lowest BCUT2D eigenvalue weighted by Gasteiger charge is -2.29. The van der Waals surface area contributed by atoms with E-state index in [1.807, 2.05) is 0 Å². The Morgan fingerprint density at radius 2 is 1.93 bits per heavy atom. The van der Waals surface area contributed by atoms with E-state index < -0.39 is 10.0 Å². The largest absolute Gasteiger partial charge is 0.349 e. The van der Waals surface area contributed by atoms with E-state index in [1.54, 1.807) is 29.4 Å². The van der Waals surface area contributed by atoms with E-state index in [0.717, 1.165) is 38.6 Å². The highest BCUT2D eigenvalue weighted by atomic mass is 35.5. The Balaban J connectivity index is 0.00000261. The van der Waals surface area contributed by atoms with Crippen LogP contribution in [0.5, 0.6) is 0 Å². The van der Waals surface area contributed by atoms with Gasteiger partial charge in [0, 0.05) is 30.7 Å². The van der Waals surface area contributed by atoms with Crippen molar-refractivity contribution in [2.45, 2.75) is 62.9 Å². The second-order valence-corrected chi connectivity index (χ2v) is 9.40. The Hall–Kier alpha value is -1.15. The highest BCUT2D eigenvalue weighted by molar-refractivity contribution is 7.89. The molecule has 152 valence electrons. The van der Waals surface area contributed by atoms with Crippen molar-refractivity contribution in [1.29, 1.82) is 0 Å². The normalized spacial score (nSPS) is 24.1. The third kappa shape index (κ3) is 5.22. The SMILES string of the molecule is Cc1ccc(C(=O)NC2CCNC(C)C2)cc1S(=O)(=O)N1CCCCC1.Cl. The van der Waals surface area contributed by atoms with Crippen LogP contribution in [0.4, 0.5) is 0 Å². The first-order valence-electron chi connectivity index (χ1n) is 9.53. The highest BCUT2D eigenvalue weighted by Gasteiger charge is 2.28. The number of carbonyl (C=O) groups excluding carboxylic acids is 1. The number of rotatable bonds is 4. The van der Waals surface area contributed by atoms with E-state index in [0.29, 0.717) is 30.3 Å². The summed E-state index contributed by atoms with van der Waals surface area (Å²) in [5.74, 6) is -0.195. The summed E-state index contributed by atoms with van der Waals surface area (Å²) in [6.45, 7) is 5.89. The van der Waals surface area contributed by atoms with Gasteiger partial charge in [0.15, 0.2) is 0 Å². The first kappa shape index (κ1) is 22.1. The van der Waals surface area contributed by atoms with Gasteiger partial charge < -0.3 is 10.6 Å². The summed E-state index contributed by atoms with van der Waals surface area (Å²) in [4.78, 5) is 12.9. The average molecular weight is 416 g/mol. The van der Waals surface area contributed by atoms with Gasteiger partial charge in [-0.1, -0.05) is 12.5 Å². The predicted octanol–water partition coefficient (Wildman–Crippen LogP) is 2.46. The van der Waals surface area contributed by atoms with Crippen LogP contribution in [0.15, 0.2) is 23.1 Å². The first-order chi connectivity index (χ1) is 12.4. The molecule has 1 aromatic rings. The van der Waals surface area contributed by atoms with Crippen molar-refractivity contribution in [3.8, 4) is 0 Å². The van der Waals surface area contributed by atoms with Gasteiger partial charge in [-0.25, -0.2) is 8.42 Å². The highest BCUT2D eigenvalue weighted by Crippen LogP contribution is 2.24. The van der Waals surface area contributed by atoms with Crippen LogP contribution in [-0.2, 0) is 10.0 Å². The molecule has 2 fully saturated rings. The maximum Gasteiger partial charge on any atom is 0.251 e. The van der Waals surface area contributed by atoms with Crippen molar-refractivity contribution >= 4 is 28.3 Å². The molecule has 2 heterocycles. The molecule has 1 amide bonds. The van der Waals surface area contributed by atoms with Crippen LogP contribution < -0.4 is 10.6 Å². The van der Waals surface area contributed by atoms with E-state index in [-0.39, 0.29) is 29.3 Å². The Labute approximate surface area is 168 Å². The molecule has 0 bridgehead atoms. The van der Waals surface area contributed by atoms with Gasteiger partial charge in [-0.15, -0.1) is 12.4 Å². The van der Waals surface area contributed by atoms with E-state index in [9.17, 15) is 13.2 Å². The molecular formula is C19H30ClN3O3S. The van der Waals surface area contributed by atoms with Gasteiger partial charge >= 0.3 is 0 Å². The van der Waals surface area contributed by atoms with Crippen LogP contribution in [0.3, 0.4) is 0 Å². The molecule has 27 heavy (non-hydrogen) atoms. The lowest BCUT2D eigenvalue weighted by molar-refractivity contribution is 0.0925. The maximum absolute atomic E-state index is 13.0. The second kappa shape index (κ2) is 9.37. The van der Waals surface area contributed by atoms with Gasteiger partial charge in [0.2, 0.25) is 10.0 Å². The van der Waals surface area contributed by atoms with Gasteiger partial charge in [0.25, 0.3) is 5.91 Å². The molecule has 6 nitrogen and oxygen atoms in total. The molecule has 2 saturated heterocycles. The summed E-state index contributed by atoms with van der Waals surface area (Å²) in [5, 5.41) is 6.42. The van der Waals surface area contributed by atoms with Crippen LogP contribution in [0, 0.1) is 6.92 Å². The molecule has 2 atom stereocenters. The smallest absolute Gasteiger partial charge is 0.251 e. The molecule has 0 saturated carbocycles. The summed E-state index contributed by atoms with van der Waals surface area (Å²) in [6.07, 6.45) is 4.64. The Kier molecular flexibility index (Phi) is 7.68. The molecule has 0 aliphatic carbocycles. The maximum atomic E-state index is 13.0. The third-order valence-corrected chi connectivity index (χ3v) is 7.38. The monoisotopic (exact) mass is 415 g/mol. The van der Waals surface area contributed by atoms with Gasteiger partial charge in [0.05, 0.1) is 4.90 Å². The van der Waals surface area contributed by atoms with E-state index in [2.05, 4.69) is 17.6 Å². The topological polar surface area (TPSA) is 78.5 Å². The van der Waals surface area contributed by atoms with E-state index >= 15 is 0 Å². The van der Waals surface area contributed by atoms with E-state index in [1.165, 1.54) is 0 Å². The van der Waals surface area contributed by atoms with Gasteiger partial charge in [-0.05, 0) is 63.8 Å². The summed E-state index contributed by atoms with van der Waals surface area (Å²) in [5.41, 5.74) is 1.10. The summed E-state index contributed by atoms with van der Waals surface area (Å²) in [6, 6.07) is 5.49. The zero-order valence-electron chi connectivity index (χ0n) is 16.0.